The number of aromatic nitrogens is 1. The summed E-state index contributed by atoms with van der Waals surface area (Å²) < 4.78 is 0. The normalized spacial score (nSPS) is 11.4. The van der Waals surface area contributed by atoms with Crippen LogP contribution in [0, 0.1) is 6.92 Å². The fourth-order valence-corrected chi connectivity index (χ4v) is 1.78. The number of nitrogens with zero attached hydrogens (tertiary/aromatic N) is 2. The van der Waals surface area contributed by atoms with Crippen LogP contribution in [0.5, 0.6) is 0 Å². The fourth-order valence-electron chi connectivity index (χ4n) is 1.78. The third kappa shape index (κ3) is 5.80. The van der Waals surface area contributed by atoms with E-state index in [2.05, 4.69) is 48.1 Å². The predicted molar refractivity (Wildman–Crippen MR) is 73.1 cm³/mol. The first-order chi connectivity index (χ1) is 8.11. The molecule has 3 nitrogen and oxygen atoms in total. The topological polar surface area (TPSA) is 28.2 Å². The van der Waals surface area contributed by atoms with E-state index in [1.165, 1.54) is 0 Å². The summed E-state index contributed by atoms with van der Waals surface area (Å²) in [5.74, 6) is 0. The molecule has 96 valence electrons. The second-order valence-electron chi connectivity index (χ2n) is 4.75. The maximum Gasteiger partial charge on any atom is 0.0547 e. The van der Waals surface area contributed by atoms with Crippen LogP contribution in [0.1, 0.15) is 32.2 Å². The van der Waals surface area contributed by atoms with Crippen molar-refractivity contribution >= 4 is 0 Å². The van der Waals surface area contributed by atoms with Gasteiger partial charge in [0.2, 0.25) is 0 Å². The molecule has 0 aliphatic rings. The molecule has 0 spiro atoms. The maximum absolute atomic E-state index is 4.54. The molecule has 0 unspecified atom stereocenters. The van der Waals surface area contributed by atoms with Gasteiger partial charge in [0, 0.05) is 31.4 Å². The highest BCUT2D eigenvalue weighted by Crippen LogP contribution is 2.02. The minimum Gasteiger partial charge on any atom is -0.313 e. The summed E-state index contributed by atoms with van der Waals surface area (Å²) in [4.78, 5) is 6.96. The number of aryl methyl sites for hydroxylation is 1. The van der Waals surface area contributed by atoms with Crippen LogP contribution in [-0.4, -0.2) is 35.6 Å². The van der Waals surface area contributed by atoms with E-state index < -0.39 is 0 Å². The van der Waals surface area contributed by atoms with Crippen LogP contribution in [0.2, 0.25) is 0 Å². The van der Waals surface area contributed by atoms with Crippen LogP contribution in [0.3, 0.4) is 0 Å². The number of likely N-dealkylation sites (N-methyl/N-ethyl adjacent to an activating group) is 1. The van der Waals surface area contributed by atoms with E-state index in [0.29, 0.717) is 6.04 Å². The molecular weight excluding hydrogens is 210 g/mol. The Morgan fingerprint density at radius 2 is 2.12 bits per heavy atom. The van der Waals surface area contributed by atoms with E-state index in [1.54, 1.807) is 0 Å². The molecule has 1 aromatic heterocycles. The smallest absolute Gasteiger partial charge is 0.0547 e. The highest BCUT2D eigenvalue weighted by atomic mass is 15.1. The van der Waals surface area contributed by atoms with Gasteiger partial charge in [-0.2, -0.15) is 0 Å². The van der Waals surface area contributed by atoms with Crippen molar-refractivity contribution in [2.75, 3.05) is 19.6 Å². The van der Waals surface area contributed by atoms with Gasteiger partial charge in [-0.3, -0.25) is 9.88 Å². The Morgan fingerprint density at radius 3 is 2.71 bits per heavy atom. The average molecular weight is 235 g/mol. The Bertz CT molecular complexity index is 323. The lowest BCUT2D eigenvalue weighted by atomic mass is 10.3. The molecule has 3 heteroatoms. The highest BCUT2D eigenvalue weighted by Gasteiger charge is 2.04. The first kappa shape index (κ1) is 14.1. The molecule has 0 amide bonds. The predicted octanol–water partition coefficient (Wildman–Crippen LogP) is 2.21. The van der Waals surface area contributed by atoms with Gasteiger partial charge in [-0.25, -0.2) is 0 Å². The summed E-state index contributed by atoms with van der Waals surface area (Å²) in [6.45, 7) is 12.7. The average Bonchev–Trinajstić information content (AvgIpc) is 2.27. The molecule has 0 aliphatic heterocycles. The summed E-state index contributed by atoms with van der Waals surface area (Å²) in [6.07, 6.45) is 0. The van der Waals surface area contributed by atoms with Gasteiger partial charge >= 0.3 is 0 Å². The van der Waals surface area contributed by atoms with Gasteiger partial charge in [0.25, 0.3) is 0 Å². The van der Waals surface area contributed by atoms with Crippen LogP contribution in [0.15, 0.2) is 18.2 Å². The quantitative estimate of drug-likeness (QED) is 0.785. The Labute approximate surface area is 105 Å². The maximum atomic E-state index is 4.54. The number of nitrogens with one attached hydrogen (secondary N) is 1. The second kappa shape index (κ2) is 7.41. The van der Waals surface area contributed by atoms with Crippen LogP contribution in [0.4, 0.5) is 0 Å². The Balaban J connectivity index is 2.41. The molecule has 0 fully saturated rings. The zero-order valence-electron chi connectivity index (χ0n) is 11.5. The van der Waals surface area contributed by atoms with Crippen molar-refractivity contribution in [1.82, 2.24) is 15.2 Å². The van der Waals surface area contributed by atoms with Crippen LogP contribution < -0.4 is 5.32 Å². The van der Waals surface area contributed by atoms with Crippen molar-refractivity contribution in [2.45, 2.75) is 40.3 Å². The second-order valence-corrected chi connectivity index (χ2v) is 4.75. The molecule has 0 aromatic carbocycles. The first-order valence-corrected chi connectivity index (χ1v) is 6.50. The summed E-state index contributed by atoms with van der Waals surface area (Å²) in [5, 5.41) is 3.45. The highest BCUT2D eigenvalue weighted by molar-refractivity contribution is 5.09. The zero-order valence-corrected chi connectivity index (χ0v) is 11.5. The SMILES string of the molecule is CCN(CCNC(C)C)Cc1cccc(C)n1. The van der Waals surface area contributed by atoms with E-state index in [4.69, 9.17) is 0 Å². The van der Waals surface area contributed by atoms with Crippen molar-refractivity contribution in [3.8, 4) is 0 Å². The summed E-state index contributed by atoms with van der Waals surface area (Å²) in [5.41, 5.74) is 2.26. The van der Waals surface area contributed by atoms with Gasteiger partial charge < -0.3 is 5.32 Å². The van der Waals surface area contributed by atoms with Crippen molar-refractivity contribution in [2.24, 2.45) is 0 Å². The van der Waals surface area contributed by atoms with Crippen LogP contribution in [-0.2, 0) is 6.54 Å². The zero-order chi connectivity index (χ0) is 12.7. The van der Waals surface area contributed by atoms with E-state index in [0.717, 1.165) is 37.6 Å². The van der Waals surface area contributed by atoms with Crippen molar-refractivity contribution < 1.29 is 0 Å². The van der Waals surface area contributed by atoms with Crippen LogP contribution >= 0.6 is 0 Å². The van der Waals surface area contributed by atoms with Gasteiger partial charge in [-0.1, -0.05) is 26.8 Å². The third-order valence-electron chi connectivity index (χ3n) is 2.76. The number of hydrogen-bond donors (Lipinski definition) is 1. The molecule has 0 bridgehead atoms. The molecule has 1 rings (SSSR count). The van der Waals surface area contributed by atoms with E-state index in [-0.39, 0.29) is 0 Å². The molecule has 0 saturated heterocycles. The van der Waals surface area contributed by atoms with Gasteiger partial charge in [0.15, 0.2) is 0 Å². The molecule has 1 aromatic rings. The van der Waals surface area contributed by atoms with Crippen molar-refractivity contribution in [3.63, 3.8) is 0 Å². The largest absolute Gasteiger partial charge is 0.313 e. The summed E-state index contributed by atoms with van der Waals surface area (Å²) >= 11 is 0. The van der Waals surface area contributed by atoms with Crippen LogP contribution in [0.25, 0.3) is 0 Å². The minimum absolute atomic E-state index is 0.561. The van der Waals surface area contributed by atoms with Crippen molar-refractivity contribution in [1.29, 1.82) is 0 Å². The number of pyridine rings is 1. The summed E-state index contributed by atoms with van der Waals surface area (Å²) in [7, 11) is 0. The van der Waals surface area contributed by atoms with E-state index >= 15 is 0 Å². The minimum atomic E-state index is 0.561. The van der Waals surface area contributed by atoms with E-state index in [9.17, 15) is 0 Å². The number of hydrogen-bond acceptors (Lipinski definition) is 3. The standard InChI is InChI=1S/C14H25N3/c1-5-17(10-9-15-12(2)3)11-14-8-6-7-13(4)16-14/h6-8,12,15H,5,9-11H2,1-4H3. The Kier molecular flexibility index (Phi) is 6.16. The van der Waals surface area contributed by atoms with Gasteiger partial charge in [0.05, 0.1) is 5.69 Å². The monoisotopic (exact) mass is 235 g/mol. The lowest BCUT2D eigenvalue weighted by molar-refractivity contribution is 0.273. The van der Waals surface area contributed by atoms with Gasteiger partial charge in [0.1, 0.15) is 0 Å². The van der Waals surface area contributed by atoms with Gasteiger partial charge in [-0.15, -0.1) is 0 Å². The molecule has 0 radical (unpaired) electrons. The lowest BCUT2D eigenvalue weighted by Crippen LogP contribution is -2.34. The molecule has 0 aliphatic carbocycles. The summed E-state index contributed by atoms with van der Waals surface area (Å²) in [6, 6.07) is 6.79. The molecule has 0 atom stereocenters. The van der Waals surface area contributed by atoms with Gasteiger partial charge in [-0.05, 0) is 25.6 Å². The Morgan fingerprint density at radius 1 is 1.35 bits per heavy atom. The fraction of sp³-hybridized carbons (Fsp3) is 0.643. The molecule has 1 N–H and O–H groups in total. The molecule has 1 heterocycles. The first-order valence-electron chi connectivity index (χ1n) is 6.50. The Hall–Kier alpha value is -0.930. The van der Waals surface area contributed by atoms with E-state index in [1.807, 2.05) is 13.0 Å². The molecule has 0 saturated carbocycles. The molecule has 17 heavy (non-hydrogen) atoms. The van der Waals surface area contributed by atoms with Crippen molar-refractivity contribution in [3.05, 3.63) is 29.6 Å². The number of rotatable bonds is 7. The third-order valence-corrected chi connectivity index (χ3v) is 2.76. The lowest BCUT2D eigenvalue weighted by Gasteiger charge is -2.21. The molecular formula is C14H25N3.